The number of amides is 1. The van der Waals surface area contributed by atoms with Crippen molar-refractivity contribution in [2.24, 2.45) is 0 Å². The number of rotatable bonds is 0. The number of nitrogens with zero attached hydrogens (tertiary/aromatic N) is 4. The average molecular weight is 436 g/mol. The Morgan fingerprint density at radius 2 is 2.13 bits per heavy atom. The van der Waals surface area contributed by atoms with Crippen LogP contribution in [-0.2, 0) is 13.1 Å². The minimum absolute atomic E-state index is 0. The van der Waals surface area contributed by atoms with E-state index in [1.165, 1.54) is 0 Å². The molecule has 1 saturated heterocycles. The van der Waals surface area contributed by atoms with E-state index >= 15 is 0 Å². The number of ether oxygens (including phenoxy) is 1. The Labute approximate surface area is 186 Å². The van der Waals surface area contributed by atoms with Gasteiger partial charge in [0, 0.05) is 44.0 Å². The second-order valence-corrected chi connectivity index (χ2v) is 7.70. The fourth-order valence-corrected chi connectivity index (χ4v) is 4.04. The molecular formula is C23H22ClN5O2. The Hall–Kier alpha value is -3.34. The van der Waals surface area contributed by atoms with Gasteiger partial charge in [-0.1, -0.05) is 12.1 Å². The highest BCUT2D eigenvalue weighted by Crippen LogP contribution is 2.28. The quantitative estimate of drug-likeness (QED) is 0.585. The van der Waals surface area contributed by atoms with E-state index in [2.05, 4.69) is 20.9 Å². The number of nitrogens with one attached hydrogen (secondary N) is 1. The maximum Gasteiger partial charge on any atom is 0.254 e. The van der Waals surface area contributed by atoms with E-state index in [0.717, 1.165) is 24.2 Å². The van der Waals surface area contributed by atoms with Gasteiger partial charge in [0.1, 0.15) is 17.6 Å². The van der Waals surface area contributed by atoms with Crippen LogP contribution >= 0.6 is 12.4 Å². The molecular weight excluding hydrogens is 414 g/mol. The molecule has 6 bridgehead atoms. The minimum Gasteiger partial charge on any atom is -0.456 e. The topological polar surface area (TPSA) is 83.2 Å². The van der Waals surface area contributed by atoms with Gasteiger partial charge in [-0.05, 0) is 42.3 Å². The first-order valence-electron chi connectivity index (χ1n) is 10.0. The minimum atomic E-state index is -0.00357. The second-order valence-electron chi connectivity index (χ2n) is 7.70. The van der Waals surface area contributed by atoms with E-state index in [9.17, 15) is 10.1 Å². The Morgan fingerprint density at radius 3 is 3.00 bits per heavy atom. The van der Waals surface area contributed by atoms with E-state index in [4.69, 9.17) is 4.74 Å². The first-order valence-corrected chi connectivity index (χ1v) is 10.0. The van der Waals surface area contributed by atoms with Crippen molar-refractivity contribution in [1.29, 1.82) is 5.26 Å². The second kappa shape index (κ2) is 8.80. The van der Waals surface area contributed by atoms with Crippen molar-refractivity contribution in [1.82, 2.24) is 19.8 Å². The van der Waals surface area contributed by atoms with Gasteiger partial charge in [0.25, 0.3) is 5.91 Å². The Morgan fingerprint density at radius 1 is 1.23 bits per heavy atom. The van der Waals surface area contributed by atoms with Crippen LogP contribution in [0.5, 0.6) is 11.5 Å². The zero-order valence-corrected chi connectivity index (χ0v) is 17.6. The molecule has 3 aromatic rings. The van der Waals surface area contributed by atoms with Crippen LogP contribution in [-0.4, -0.2) is 39.5 Å². The van der Waals surface area contributed by atoms with Crippen molar-refractivity contribution in [2.45, 2.75) is 25.6 Å². The van der Waals surface area contributed by atoms with Crippen LogP contribution in [0.1, 0.15) is 33.6 Å². The Kier molecular flexibility index (Phi) is 5.94. The highest BCUT2D eigenvalue weighted by Gasteiger charge is 2.27. The lowest BCUT2D eigenvalue weighted by molar-refractivity contribution is 0.0789. The number of hydrogen-bond acceptors (Lipinski definition) is 5. The van der Waals surface area contributed by atoms with Crippen molar-refractivity contribution in [3.63, 3.8) is 0 Å². The van der Waals surface area contributed by atoms with Gasteiger partial charge in [-0.15, -0.1) is 12.4 Å². The van der Waals surface area contributed by atoms with Crippen LogP contribution in [0.4, 0.5) is 0 Å². The summed E-state index contributed by atoms with van der Waals surface area (Å²) in [6.07, 6.45) is 4.59. The predicted octanol–water partition coefficient (Wildman–Crippen LogP) is 3.33. The van der Waals surface area contributed by atoms with Gasteiger partial charge in [0.05, 0.1) is 17.6 Å². The molecule has 158 valence electrons. The van der Waals surface area contributed by atoms with Gasteiger partial charge in [-0.3, -0.25) is 4.79 Å². The molecule has 2 aliphatic heterocycles. The van der Waals surface area contributed by atoms with Gasteiger partial charge < -0.3 is 19.5 Å². The SMILES string of the molecule is Cl.N#Cc1ccc2cc1Oc1cccc(c1)C(=O)N1CC[C@H](C1)NCc1cncn1C2. The molecule has 7 nitrogen and oxygen atoms in total. The summed E-state index contributed by atoms with van der Waals surface area (Å²) in [5, 5.41) is 13.1. The highest BCUT2D eigenvalue weighted by atomic mass is 35.5. The summed E-state index contributed by atoms with van der Waals surface area (Å²) in [7, 11) is 0. The largest absolute Gasteiger partial charge is 0.456 e. The molecule has 0 saturated carbocycles. The lowest BCUT2D eigenvalue weighted by Crippen LogP contribution is -2.35. The molecule has 0 aliphatic carbocycles. The standard InChI is InChI=1S/C23H21N5O2.ClH/c24-10-18-5-4-16-8-22(18)30-21-3-1-2-17(9-21)23(29)27-7-6-19(14-27)26-12-20-11-25-15-28(20)13-16;/h1-5,8-9,11,15,19,26H,6-7,12-14H2;1H/t19-;/m1./s1. The molecule has 31 heavy (non-hydrogen) atoms. The number of halogens is 1. The fraction of sp³-hybridized carbons (Fsp3) is 0.261. The van der Waals surface area contributed by atoms with Gasteiger partial charge in [0.2, 0.25) is 0 Å². The number of benzene rings is 2. The third kappa shape index (κ3) is 4.26. The number of hydrogen-bond donors (Lipinski definition) is 1. The molecule has 1 fully saturated rings. The zero-order chi connectivity index (χ0) is 20.5. The summed E-state index contributed by atoms with van der Waals surface area (Å²) in [4.78, 5) is 19.2. The van der Waals surface area contributed by atoms with Crippen LogP contribution in [0.25, 0.3) is 0 Å². The number of carbonyl (C=O) groups excluding carboxylic acids is 1. The van der Waals surface area contributed by atoms with Crippen molar-refractivity contribution >= 4 is 18.3 Å². The van der Waals surface area contributed by atoms with E-state index in [1.807, 2.05) is 35.6 Å². The molecule has 8 heteroatoms. The van der Waals surface area contributed by atoms with E-state index < -0.39 is 0 Å². The lowest BCUT2D eigenvalue weighted by atomic mass is 10.1. The summed E-state index contributed by atoms with van der Waals surface area (Å²) in [6.45, 7) is 2.71. The summed E-state index contributed by atoms with van der Waals surface area (Å²) in [5.74, 6) is 1.02. The highest BCUT2D eigenvalue weighted by molar-refractivity contribution is 5.94. The van der Waals surface area contributed by atoms with Crippen LogP contribution in [0, 0.1) is 11.3 Å². The molecule has 0 unspecified atom stereocenters. The van der Waals surface area contributed by atoms with Gasteiger partial charge in [0.15, 0.2) is 0 Å². The molecule has 1 amide bonds. The van der Waals surface area contributed by atoms with Crippen molar-refractivity contribution in [2.75, 3.05) is 13.1 Å². The van der Waals surface area contributed by atoms with E-state index in [0.29, 0.717) is 42.3 Å². The molecule has 0 radical (unpaired) electrons. The monoisotopic (exact) mass is 435 g/mol. The molecule has 1 aromatic heterocycles. The third-order valence-electron chi connectivity index (χ3n) is 5.67. The molecule has 1 atom stereocenters. The van der Waals surface area contributed by atoms with Gasteiger partial charge in [-0.25, -0.2) is 4.98 Å². The van der Waals surface area contributed by atoms with Gasteiger partial charge in [-0.2, -0.15) is 5.26 Å². The van der Waals surface area contributed by atoms with E-state index in [1.54, 1.807) is 24.3 Å². The molecule has 2 aliphatic rings. The molecule has 0 spiro atoms. The average Bonchev–Trinajstić information content (AvgIpc) is 3.41. The number of fused-ring (bicyclic) bond motifs is 7. The number of carbonyl (C=O) groups is 1. The molecule has 2 aromatic carbocycles. The van der Waals surface area contributed by atoms with Crippen molar-refractivity contribution in [3.05, 3.63) is 77.4 Å². The smallest absolute Gasteiger partial charge is 0.254 e. The maximum atomic E-state index is 13.0. The fourth-order valence-electron chi connectivity index (χ4n) is 4.04. The molecule has 3 heterocycles. The normalized spacial score (nSPS) is 17.8. The lowest BCUT2D eigenvalue weighted by Gasteiger charge is -2.19. The van der Waals surface area contributed by atoms with Crippen LogP contribution in [0.15, 0.2) is 55.0 Å². The molecule has 5 rings (SSSR count). The molecule has 1 N–H and O–H groups in total. The third-order valence-corrected chi connectivity index (χ3v) is 5.67. The van der Waals surface area contributed by atoms with Crippen LogP contribution in [0.3, 0.4) is 0 Å². The van der Waals surface area contributed by atoms with Gasteiger partial charge >= 0.3 is 0 Å². The summed E-state index contributed by atoms with van der Waals surface area (Å²) in [6, 6.07) is 15.2. The van der Waals surface area contributed by atoms with E-state index in [-0.39, 0.29) is 24.4 Å². The van der Waals surface area contributed by atoms with Crippen LogP contribution in [0.2, 0.25) is 0 Å². The first-order chi connectivity index (χ1) is 14.7. The zero-order valence-electron chi connectivity index (χ0n) is 16.8. The van der Waals surface area contributed by atoms with Crippen LogP contribution < -0.4 is 10.1 Å². The first kappa shape index (κ1) is 20.9. The summed E-state index contributed by atoms with van der Waals surface area (Å²) >= 11 is 0. The summed E-state index contributed by atoms with van der Waals surface area (Å²) < 4.78 is 8.13. The Balaban J connectivity index is 0.00000231. The number of aromatic nitrogens is 2. The van der Waals surface area contributed by atoms with Crippen molar-refractivity contribution < 1.29 is 9.53 Å². The number of nitriles is 1. The predicted molar refractivity (Wildman–Crippen MR) is 117 cm³/mol. The Bertz CT molecular complexity index is 1150. The summed E-state index contributed by atoms with van der Waals surface area (Å²) in [5.41, 5.74) is 3.12. The maximum absolute atomic E-state index is 13.0. The van der Waals surface area contributed by atoms with Crippen molar-refractivity contribution in [3.8, 4) is 17.6 Å². The number of imidazole rings is 1.